The average molecular weight is 301 g/mol. The average Bonchev–Trinajstić information content (AvgIpc) is 2.85. The van der Waals surface area contributed by atoms with E-state index in [9.17, 15) is 0 Å². The van der Waals surface area contributed by atoms with E-state index < -0.39 is 0 Å². The monoisotopic (exact) mass is 301 g/mol. The van der Waals surface area contributed by atoms with Gasteiger partial charge in [0.2, 0.25) is 0 Å². The molecule has 22 heavy (non-hydrogen) atoms. The molecule has 1 aromatic rings. The maximum absolute atomic E-state index is 6.46. The van der Waals surface area contributed by atoms with Gasteiger partial charge in [0.25, 0.3) is 0 Å². The fourth-order valence-electron chi connectivity index (χ4n) is 4.29. The number of likely N-dealkylation sites (N-methyl/N-ethyl adjacent to an activating group) is 1. The Hall–Kier alpha value is -0.860. The second-order valence-electron chi connectivity index (χ2n) is 7.44. The van der Waals surface area contributed by atoms with Gasteiger partial charge in [-0.25, -0.2) is 0 Å². The van der Waals surface area contributed by atoms with Gasteiger partial charge in [-0.3, -0.25) is 4.90 Å². The summed E-state index contributed by atoms with van der Waals surface area (Å²) in [6.07, 6.45) is 8.82. The van der Waals surface area contributed by atoms with Gasteiger partial charge in [0, 0.05) is 6.04 Å². The van der Waals surface area contributed by atoms with Crippen LogP contribution in [0.5, 0.6) is 0 Å². The Morgan fingerprint density at radius 3 is 2.50 bits per heavy atom. The first kappa shape index (κ1) is 16.0. The SMILES string of the molecule is C[C@H](C[C@@H]1O[C@H](c2ccccc2)[C@H](C)N1C)C1CCCCC1. The minimum Gasteiger partial charge on any atom is -0.354 e. The molecule has 0 N–H and O–H groups in total. The van der Waals surface area contributed by atoms with E-state index in [2.05, 4.69) is 56.1 Å². The number of nitrogens with zero attached hydrogens (tertiary/aromatic N) is 1. The molecule has 2 fully saturated rings. The maximum atomic E-state index is 6.46. The smallest absolute Gasteiger partial charge is 0.111 e. The van der Waals surface area contributed by atoms with Crippen LogP contribution >= 0.6 is 0 Å². The molecule has 0 radical (unpaired) electrons. The molecule has 3 rings (SSSR count). The lowest BCUT2D eigenvalue weighted by atomic mass is 9.79. The third kappa shape index (κ3) is 3.38. The standard InChI is InChI=1S/C20H31NO/c1-15(17-10-6-4-7-11-17)14-19-21(3)16(2)20(22-19)18-12-8-5-9-13-18/h5,8-9,12-13,15-17,19-20H,4,6-7,10-11,14H2,1-3H3/t15-,16+,19+,20+/m1/s1. The molecular weight excluding hydrogens is 270 g/mol. The lowest BCUT2D eigenvalue weighted by Crippen LogP contribution is -2.34. The summed E-state index contributed by atoms with van der Waals surface area (Å²) in [5.74, 6) is 1.69. The summed E-state index contributed by atoms with van der Waals surface area (Å²) in [6.45, 7) is 4.73. The van der Waals surface area contributed by atoms with Crippen LogP contribution in [0.25, 0.3) is 0 Å². The van der Waals surface area contributed by atoms with Crippen molar-refractivity contribution in [3.63, 3.8) is 0 Å². The van der Waals surface area contributed by atoms with Crippen molar-refractivity contribution in [3.8, 4) is 0 Å². The Balaban J connectivity index is 1.62. The summed E-state index contributed by atoms with van der Waals surface area (Å²) in [6, 6.07) is 11.2. The van der Waals surface area contributed by atoms with Crippen molar-refractivity contribution < 1.29 is 4.74 Å². The largest absolute Gasteiger partial charge is 0.354 e. The molecule has 0 amide bonds. The van der Waals surface area contributed by atoms with Crippen LogP contribution in [0.2, 0.25) is 0 Å². The zero-order chi connectivity index (χ0) is 15.5. The molecule has 4 atom stereocenters. The molecule has 2 aliphatic rings. The van der Waals surface area contributed by atoms with Gasteiger partial charge in [-0.05, 0) is 37.8 Å². The van der Waals surface area contributed by atoms with Crippen LogP contribution in [0.15, 0.2) is 30.3 Å². The van der Waals surface area contributed by atoms with Gasteiger partial charge in [0.05, 0.1) is 6.10 Å². The molecule has 1 aliphatic carbocycles. The summed E-state index contributed by atoms with van der Waals surface area (Å²) in [5.41, 5.74) is 1.31. The first-order valence-electron chi connectivity index (χ1n) is 9.09. The van der Waals surface area contributed by atoms with Crippen LogP contribution in [-0.2, 0) is 4.74 Å². The van der Waals surface area contributed by atoms with Crippen molar-refractivity contribution in [1.82, 2.24) is 4.90 Å². The summed E-state index contributed by atoms with van der Waals surface area (Å²) in [7, 11) is 2.23. The topological polar surface area (TPSA) is 12.5 Å². The Labute approximate surface area is 135 Å². The molecule has 2 nitrogen and oxygen atoms in total. The second-order valence-corrected chi connectivity index (χ2v) is 7.44. The fourth-order valence-corrected chi connectivity index (χ4v) is 4.29. The van der Waals surface area contributed by atoms with E-state index in [1.807, 2.05) is 0 Å². The van der Waals surface area contributed by atoms with Gasteiger partial charge < -0.3 is 4.74 Å². The molecule has 2 heteroatoms. The first-order valence-corrected chi connectivity index (χ1v) is 9.09. The number of rotatable bonds is 4. The van der Waals surface area contributed by atoms with Crippen LogP contribution in [-0.4, -0.2) is 24.2 Å². The summed E-state index contributed by atoms with van der Waals surface area (Å²) in [5, 5.41) is 0. The molecule has 1 heterocycles. The van der Waals surface area contributed by atoms with Crippen molar-refractivity contribution in [2.24, 2.45) is 11.8 Å². The zero-order valence-corrected chi connectivity index (χ0v) is 14.4. The van der Waals surface area contributed by atoms with Crippen LogP contribution in [0, 0.1) is 11.8 Å². The predicted octanol–water partition coefficient (Wildman–Crippen LogP) is 5.01. The van der Waals surface area contributed by atoms with Gasteiger partial charge in [0.15, 0.2) is 0 Å². The Bertz CT molecular complexity index is 454. The number of hydrogen-bond donors (Lipinski definition) is 0. The molecule has 1 aliphatic heterocycles. The molecular formula is C20H31NO. The summed E-state index contributed by atoms with van der Waals surface area (Å²) < 4.78 is 6.46. The Kier molecular flexibility index (Phi) is 5.20. The van der Waals surface area contributed by atoms with Gasteiger partial charge in [-0.2, -0.15) is 0 Å². The van der Waals surface area contributed by atoms with Crippen LogP contribution in [0.3, 0.4) is 0 Å². The van der Waals surface area contributed by atoms with Crippen molar-refractivity contribution in [3.05, 3.63) is 35.9 Å². The fraction of sp³-hybridized carbons (Fsp3) is 0.700. The van der Waals surface area contributed by atoms with E-state index in [-0.39, 0.29) is 12.3 Å². The molecule has 1 saturated heterocycles. The van der Waals surface area contributed by atoms with E-state index in [4.69, 9.17) is 4.74 Å². The number of benzene rings is 1. The van der Waals surface area contributed by atoms with Crippen LogP contribution < -0.4 is 0 Å². The van der Waals surface area contributed by atoms with Crippen molar-refractivity contribution in [2.45, 2.75) is 70.7 Å². The van der Waals surface area contributed by atoms with Gasteiger partial charge in [-0.15, -0.1) is 0 Å². The van der Waals surface area contributed by atoms with Crippen molar-refractivity contribution >= 4 is 0 Å². The van der Waals surface area contributed by atoms with E-state index in [1.54, 1.807) is 0 Å². The third-order valence-electron chi connectivity index (χ3n) is 5.99. The highest BCUT2D eigenvalue weighted by molar-refractivity contribution is 5.20. The summed E-state index contributed by atoms with van der Waals surface area (Å²) in [4.78, 5) is 2.44. The third-order valence-corrected chi connectivity index (χ3v) is 5.99. The minimum atomic E-state index is 0.217. The molecule has 0 unspecified atom stereocenters. The van der Waals surface area contributed by atoms with Gasteiger partial charge in [0.1, 0.15) is 6.23 Å². The lowest BCUT2D eigenvalue weighted by molar-refractivity contribution is -0.0144. The zero-order valence-electron chi connectivity index (χ0n) is 14.4. The quantitative estimate of drug-likeness (QED) is 0.775. The minimum absolute atomic E-state index is 0.217. The molecule has 1 saturated carbocycles. The van der Waals surface area contributed by atoms with Gasteiger partial charge >= 0.3 is 0 Å². The number of hydrogen-bond acceptors (Lipinski definition) is 2. The molecule has 122 valence electrons. The highest BCUT2D eigenvalue weighted by Crippen LogP contribution is 2.39. The predicted molar refractivity (Wildman–Crippen MR) is 91.6 cm³/mol. The first-order chi connectivity index (χ1) is 10.7. The van der Waals surface area contributed by atoms with E-state index >= 15 is 0 Å². The molecule has 0 aromatic heterocycles. The second kappa shape index (κ2) is 7.14. The maximum Gasteiger partial charge on any atom is 0.111 e. The molecule has 0 bridgehead atoms. The normalized spacial score (nSPS) is 32.2. The number of ether oxygens (including phenoxy) is 1. The highest BCUT2D eigenvalue weighted by atomic mass is 16.5. The van der Waals surface area contributed by atoms with Crippen molar-refractivity contribution in [2.75, 3.05) is 7.05 Å². The van der Waals surface area contributed by atoms with Crippen molar-refractivity contribution in [1.29, 1.82) is 0 Å². The van der Waals surface area contributed by atoms with Crippen LogP contribution in [0.1, 0.15) is 64.0 Å². The Morgan fingerprint density at radius 2 is 1.82 bits per heavy atom. The Morgan fingerprint density at radius 1 is 1.14 bits per heavy atom. The van der Waals surface area contributed by atoms with Gasteiger partial charge in [-0.1, -0.05) is 69.4 Å². The lowest BCUT2D eigenvalue weighted by Gasteiger charge is -2.31. The van der Waals surface area contributed by atoms with E-state index in [0.29, 0.717) is 6.04 Å². The molecule has 1 aromatic carbocycles. The summed E-state index contributed by atoms with van der Waals surface area (Å²) >= 11 is 0. The van der Waals surface area contributed by atoms with E-state index in [1.165, 1.54) is 44.1 Å². The highest BCUT2D eigenvalue weighted by Gasteiger charge is 2.39. The van der Waals surface area contributed by atoms with Crippen LogP contribution in [0.4, 0.5) is 0 Å². The molecule has 0 spiro atoms. The van der Waals surface area contributed by atoms with E-state index in [0.717, 1.165) is 11.8 Å².